The highest BCUT2D eigenvalue weighted by Crippen LogP contribution is 2.42. The molecule has 1 aromatic heterocycles. The Morgan fingerprint density at radius 3 is 1.42 bits per heavy atom. The van der Waals surface area contributed by atoms with Crippen LogP contribution in [0.5, 0.6) is 0 Å². The first-order valence-electron chi connectivity index (χ1n) is 10.4. The zero-order chi connectivity index (χ0) is 22.9. The molecule has 162 valence electrons. The van der Waals surface area contributed by atoms with Crippen LogP contribution in [0.2, 0.25) is 0 Å². The van der Waals surface area contributed by atoms with Crippen LogP contribution in [0.15, 0.2) is 89.3 Å². The van der Waals surface area contributed by atoms with Gasteiger partial charge in [-0.05, 0) is 46.5 Å². The van der Waals surface area contributed by atoms with E-state index < -0.39 is 11.9 Å². The molecule has 0 aliphatic heterocycles. The Bertz CT molecular complexity index is 1320. The molecule has 0 unspecified atom stereocenters. The van der Waals surface area contributed by atoms with Crippen molar-refractivity contribution in [2.45, 2.75) is 0 Å². The molecule has 0 N–H and O–H groups in total. The molecule has 5 rings (SSSR count). The third-order valence-electron chi connectivity index (χ3n) is 5.74. The standard InChI is InChI=1S/C28H20O5/c1-31-27(29)25-19-11-7-3-5-9-17(19)15-21(25)23-13-14-24(33-23)22-16-18-10-6-4-8-12-20(18)26(22)28(30)32-2/h3-16H,1-2H3. The zero-order valence-corrected chi connectivity index (χ0v) is 18.1. The first kappa shape index (κ1) is 20.5. The van der Waals surface area contributed by atoms with E-state index in [9.17, 15) is 9.59 Å². The number of fused-ring (bicyclic) bond motifs is 2. The molecule has 5 nitrogen and oxygen atoms in total. The smallest absolute Gasteiger partial charge is 0.339 e. The number of carbonyl (C=O) groups excluding carboxylic acids is 2. The number of ether oxygens (including phenoxy) is 2. The number of methoxy groups -OCH3 is 2. The van der Waals surface area contributed by atoms with Crippen LogP contribution < -0.4 is 0 Å². The van der Waals surface area contributed by atoms with E-state index in [1.807, 2.05) is 72.8 Å². The molecule has 0 fully saturated rings. The number of rotatable bonds is 4. The zero-order valence-electron chi connectivity index (χ0n) is 18.1. The minimum absolute atomic E-state index is 0.439. The van der Waals surface area contributed by atoms with Gasteiger partial charge in [0.25, 0.3) is 0 Å². The number of hydrogen-bond donors (Lipinski definition) is 0. The van der Waals surface area contributed by atoms with Crippen molar-refractivity contribution >= 4 is 11.9 Å². The summed E-state index contributed by atoms with van der Waals surface area (Å²) in [5, 5.41) is 0. The lowest BCUT2D eigenvalue weighted by molar-refractivity contribution is 0.0594. The molecule has 4 aliphatic carbocycles. The number of hydrogen-bond acceptors (Lipinski definition) is 5. The maximum atomic E-state index is 12.7. The monoisotopic (exact) mass is 436 g/mol. The summed E-state index contributed by atoms with van der Waals surface area (Å²) in [7, 11) is 2.72. The minimum Gasteiger partial charge on any atom is -0.465 e. The molecule has 1 aromatic rings. The van der Waals surface area contributed by atoms with Crippen LogP contribution in [-0.2, 0) is 9.47 Å². The van der Waals surface area contributed by atoms with E-state index in [1.165, 1.54) is 14.2 Å². The molecule has 0 aromatic carbocycles. The predicted molar refractivity (Wildman–Crippen MR) is 126 cm³/mol. The SMILES string of the molecule is COC(=O)c1c2cccccc-2cc1-c1ccc(-c2cc3cccccc-3c2C(=O)OC)o1. The summed E-state index contributed by atoms with van der Waals surface area (Å²) in [5.41, 5.74) is 5.51. The Morgan fingerprint density at radius 1 is 0.576 bits per heavy atom. The highest BCUT2D eigenvalue weighted by atomic mass is 16.5. The van der Waals surface area contributed by atoms with Gasteiger partial charge in [-0.25, -0.2) is 9.59 Å². The third kappa shape index (κ3) is 3.44. The Hall–Kier alpha value is -4.38. The van der Waals surface area contributed by atoms with Crippen LogP contribution in [0.25, 0.3) is 44.9 Å². The molecule has 0 saturated heterocycles. The quantitative estimate of drug-likeness (QED) is 0.305. The van der Waals surface area contributed by atoms with Crippen LogP contribution in [0, 0.1) is 0 Å². The summed E-state index contributed by atoms with van der Waals surface area (Å²) in [5.74, 6) is 0.142. The first-order chi connectivity index (χ1) is 16.1. The molecule has 1 heterocycles. The molecule has 0 saturated carbocycles. The highest BCUT2D eigenvalue weighted by molar-refractivity contribution is 6.07. The molecular weight excluding hydrogens is 416 g/mol. The topological polar surface area (TPSA) is 65.7 Å². The average molecular weight is 436 g/mol. The first-order valence-corrected chi connectivity index (χ1v) is 10.4. The molecule has 5 heteroatoms. The van der Waals surface area contributed by atoms with Crippen LogP contribution in [0.1, 0.15) is 20.7 Å². The maximum absolute atomic E-state index is 12.7. The van der Waals surface area contributed by atoms with Crippen LogP contribution >= 0.6 is 0 Å². The predicted octanol–water partition coefficient (Wildman–Crippen LogP) is 6.40. The lowest BCUT2D eigenvalue weighted by Crippen LogP contribution is -2.02. The number of carbonyl (C=O) groups is 2. The lowest BCUT2D eigenvalue weighted by Gasteiger charge is -2.04. The van der Waals surface area contributed by atoms with Gasteiger partial charge in [0.05, 0.1) is 25.3 Å². The summed E-state index contributed by atoms with van der Waals surface area (Å²) in [4.78, 5) is 25.3. The molecule has 0 radical (unpaired) electrons. The van der Waals surface area contributed by atoms with E-state index in [4.69, 9.17) is 13.9 Å². The van der Waals surface area contributed by atoms with Gasteiger partial charge in [0.1, 0.15) is 11.5 Å². The van der Waals surface area contributed by atoms with Crippen molar-refractivity contribution in [2.24, 2.45) is 0 Å². The molecule has 0 bridgehead atoms. The van der Waals surface area contributed by atoms with Crippen LogP contribution in [0.4, 0.5) is 0 Å². The summed E-state index contributed by atoms with van der Waals surface area (Å²) in [6.07, 6.45) is 0. The average Bonchev–Trinajstić information content (AvgIpc) is 3.44. The summed E-state index contributed by atoms with van der Waals surface area (Å²) >= 11 is 0. The van der Waals surface area contributed by atoms with Crippen molar-refractivity contribution in [3.05, 3.63) is 96.1 Å². The fourth-order valence-corrected chi connectivity index (χ4v) is 4.23. The van der Waals surface area contributed by atoms with Crippen molar-refractivity contribution in [1.29, 1.82) is 0 Å². The largest absolute Gasteiger partial charge is 0.465 e. The van der Waals surface area contributed by atoms with Gasteiger partial charge in [-0.2, -0.15) is 0 Å². The Kier molecular flexibility index (Phi) is 5.15. The Balaban J connectivity index is 1.70. The second-order valence-corrected chi connectivity index (χ2v) is 7.57. The summed E-state index contributed by atoms with van der Waals surface area (Å²) in [6.45, 7) is 0. The minimum atomic E-state index is -0.439. The van der Waals surface area contributed by atoms with E-state index >= 15 is 0 Å². The summed E-state index contributed by atoms with van der Waals surface area (Å²) < 4.78 is 16.3. The molecule has 4 aliphatic rings. The lowest BCUT2D eigenvalue weighted by atomic mass is 10.1. The van der Waals surface area contributed by atoms with E-state index in [0.717, 1.165) is 22.3 Å². The maximum Gasteiger partial charge on any atom is 0.339 e. The normalized spacial score (nSPS) is 11.0. The van der Waals surface area contributed by atoms with Crippen molar-refractivity contribution in [1.82, 2.24) is 0 Å². The van der Waals surface area contributed by atoms with Crippen molar-refractivity contribution in [2.75, 3.05) is 14.2 Å². The van der Waals surface area contributed by atoms with Gasteiger partial charge in [0, 0.05) is 11.1 Å². The second kappa shape index (κ2) is 8.28. The molecule has 0 amide bonds. The van der Waals surface area contributed by atoms with Gasteiger partial charge in [-0.1, -0.05) is 60.7 Å². The van der Waals surface area contributed by atoms with Crippen molar-refractivity contribution in [3.8, 4) is 44.9 Å². The van der Waals surface area contributed by atoms with Crippen molar-refractivity contribution in [3.63, 3.8) is 0 Å². The van der Waals surface area contributed by atoms with E-state index in [-0.39, 0.29) is 0 Å². The third-order valence-corrected chi connectivity index (χ3v) is 5.74. The molecular formula is C28H20O5. The fourth-order valence-electron chi connectivity index (χ4n) is 4.23. The van der Waals surface area contributed by atoms with E-state index in [0.29, 0.717) is 33.8 Å². The Morgan fingerprint density at radius 2 is 1.00 bits per heavy atom. The summed E-state index contributed by atoms with van der Waals surface area (Å²) in [6, 6.07) is 26.5. The number of furan rings is 1. The van der Waals surface area contributed by atoms with Gasteiger partial charge in [-0.15, -0.1) is 0 Å². The van der Waals surface area contributed by atoms with E-state index in [1.54, 1.807) is 12.1 Å². The second-order valence-electron chi connectivity index (χ2n) is 7.57. The van der Waals surface area contributed by atoms with Crippen molar-refractivity contribution < 1.29 is 23.5 Å². The van der Waals surface area contributed by atoms with Gasteiger partial charge >= 0.3 is 11.9 Å². The van der Waals surface area contributed by atoms with Gasteiger partial charge in [0.2, 0.25) is 0 Å². The molecule has 0 atom stereocenters. The molecule has 33 heavy (non-hydrogen) atoms. The van der Waals surface area contributed by atoms with E-state index in [2.05, 4.69) is 0 Å². The number of esters is 2. The van der Waals surface area contributed by atoms with Gasteiger partial charge in [-0.3, -0.25) is 0 Å². The van der Waals surface area contributed by atoms with Gasteiger partial charge in [0.15, 0.2) is 0 Å². The highest BCUT2D eigenvalue weighted by Gasteiger charge is 2.27. The Labute approximate surface area is 190 Å². The van der Waals surface area contributed by atoms with Crippen LogP contribution in [0.3, 0.4) is 0 Å². The van der Waals surface area contributed by atoms with Crippen LogP contribution in [-0.4, -0.2) is 26.2 Å². The molecule has 0 spiro atoms. The fraction of sp³-hybridized carbons (Fsp3) is 0.0714. The van der Waals surface area contributed by atoms with Gasteiger partial charge < -0.3 is 13.9 Å².